The highest BCUT2D eigenvalue weighted by atomic mass is 35.5. The van der Waals surface area contributed by atoms with Crippen molar-refractivity contribution >= 4 is 46.2 Å². The van der Waals surface area contributed by atoms with Gasteiger partial charge in [-0.2, -0.15) is 0 Å². The second kappa shape index (κ2) is 11.2. The first-order valence-electron chi connectivity index (χ1n) is 13.3. The fraction of sp³-hybridized carbons (Fsp3) is 0.152. The molecule has 1 aliphatic rings. The summed E-state index contributed by atoms with van der Waals surface area (Å²) >= 11 is 18.8. The number of para-hydroxylation sites is 1. The van der Waals surface area contributed by atoms with Gasteiger partial charge in [-0.25, -0.2) is 0 Å². The van der Waals surface area contributed by atoms with Crippen molar-refractivity contribution in [3.8, 4) is 17.2 Å². The number of hydrogen-bond donors (Lipinski definition) is 1. The average Bonchev–Trinajstić information content (AvgIpc) is 3.46. The number of rotatable bonds is 6. The van der Waals surface area contributed by atoms with E-state index in [9.17, 15) is 0 Å². The third kappa shape index (κ3) is 5.19. The zero-order chi connectivity index (χ0) is 28.7. The zero-order valence-electron chi connectivity index (χ0n) is 22.8. The van der Waals surface area contributed by atoms with Crippen LogP contribution in [0.3, 0.4) is 0 Å². The maximum Gasteiger partial charge on any atom is 0.174 e. The van der Waals surface area contributed by atoms with Crippen molar-refractivity contribution in [3.63, 3.8) is 0 Å². The van der Waals surface area contributed by atoms with Crippen LogP contribution in [0.25, 0.3) is 5.69 Å². The van der Waals surface area contributed by atoms with Crippen LogP contribution in [-0.4, -0.2) is 14.7 Å². The summed E-state index contributed by atoms with van der Waals surface area (Å²) in [4.78, 5) is 6.87. The number of aryl methyl sites for hydroxylation is 2. The molecule has 6 rings (SSSR count). The van der Waals surface area contributed by atoms with Gasteiger partial charge in [0.05, 0.1) is 28.5 Å². The molecule has 0 radical (unpaired) electrons. The Morgan fingerprint density at radius 1 is 0.878 bits per heavy atom. The lowest BCUT2D eigenvalue weighted by atomic mass is 9.96. The molecule has 1 aliphatic heterocycles. The van der Waals surface area contributed by atoms with Gasteiger partial charge in [0.15, 0.2) is 5.11 Å². The number of aromatic nitrogens is 2. The molecule has 8 heteroatoms. The third-order valence-electron chi connectivity index (χ3n) is 7.47. The largest absolute Gasteiger partial charge is 0.457 e. The van der Waals surface area contributed by atoms with Gasteiger partial charge in [0.1, 0.15) is 11.5 Å². The van der Waals surface area contributed by atoms with Crippen LogP contribution in [0.4, 0.5) is 5.69 Å². The minimum Gasteiger partial charge on any atom is -0.457 e. The highest BCUT2D eigenvalue weighted by molar-refractivity contribution is 7.80. The van der Waals surface area contributed by atoms with E-state index in [2.05, 4.69) is 34.7 Å². The molecule has 0 spiro atoms. The molecule has 0 bridgehead atoms. The highest BCUT2D eigenvalue weighted by Gasteiger charge is 2.42. The first kappa shape index (κ1) is 27.3. The SMILES string of the molecule is Cc1ccccc1Oc1ccc(N2C(=S)N[C@@H](c3ccccn3)[C@@H]2c2cc(C)n(-c3ccc(Cl)cc3Cl)c2C)cc1. The Labute approximate surface area is 255 Å². The summed E-state index contributed by atoms with van der Waals surface area (Å²) in [6.07, 6.45) is 1.81. The smallest absolute Gasteiger partial charge is 0.174 e. The Bertz CT molecular complexity index is 1740. The number of nitrogens with zero attached hydrogens (tertiary/aromatic N) is 3. The van der Waals surface area contributed by atoms with Crippen molar-refractivity contribution in [1.82, 2.24) is 14.9 Å². The van der Waals surface area contributed by atoms with Crippen molar-refractivity contribution in [2.24, 2.45) is 0 Å². The van der Waals surface area contributed by atoms with Crippen LogP contribution in [0.5, 0.6) is 11.5 Å². The molecule has 0 unspecified atom stereocenters. The van der Waals surface area contributed by atoms with E-state index in [4.69, 9.17) is 45.1 Å². The number of anilines is 1. The van der Waals surface area contributed by atoms with Gasteiger partial charge in [0.2, 0.25) is 0 Å². The van der Waals surface area contributed by atoms with Crippen LogP contribution in [-0.2, 0) is 0 Å². The summed E-state index contributed by atoms with van der Waals surface area (Å²) in [6.45, 7) is 6.23. The Morgan fingerprint density at radius 2 is 1.63 bits per heavy atom. The number of benzene rings is 3. The first-order valence-corrected chi connectivity index (χ1v) is 14.5. The zero-order valence-corrected chi connectivity index (χ0v) is 25.1. The molecule has 0 amide bonds. The molecule has 41 heavy (non-hydrogen) atoms. The molecule has 0 saturated carbocycles. The summed E-state index contributed by atoms with van der Waals surface area (Å²) in [5.41, 5.74) is 7.07. The molecule has 5 nitrogen and oxygen atoms in total. The summed E-state index contributed by atoms with van der Waals surface area (Å²) in [5.74, 6) is 1.59. The molecular weight excluding hydrogens is 571 g/mol. The Kier molecular flexibility index (Phi) is 7.47. The number of thiocarbonyl (C=S) groups is 1. The summed E-state index contributed by atoms with van der Waals surface area (Å²) < 4.78 is 8.33. The predicted octanol–water partition coefficient (Wildman–Crippen LogP) is 9.07. The van der Waals surface area contributed by atoms with Gasteiger partial charge in [-0.3, -0.25) is 4.98 Å². The van der Waals surface area contributed by atoms with Crippen molar-refractivity contribution in [2.45, 2.75) is 32.9 Å². The van der Waals surface area contributed by atoms with E-state index >= 15 is 0 Å². The van der Waals surface area contributed by atoms with Gasteiger partial charge >= 0.3 is 0 Å². The topological polar surface area (TPSA) is 42.3 Å². The molecule has 0 aliphatic carbocycles. The van der Waals surface area contributed by atoms with Gasteiger partial charge in [0.25, 0.3) is 0 Å². The Morgan fingerprint density at radius 3 is 2.34 bits per heavy atom. The van der Waals surface area contributed by atoms with Crippen LogP contribution in [0, 0.1) is 20.8 Å². The fourth-order valence-corrected chi connectivity index (χ4v) is 6.38. The van der Waals surface area contributed by atoms with Crippen molar-refractivity contribution in [1.29, 1.82) is 0 Å². The number of halogens is 2. The lowest BCUT2D eigenvalue weighted by Crippen LogP contribution is -2.29. The summed E-state index contributed by atoms with van der Waals surface area (Å²) in [7, 11) is 0. The summed E-state index contributed by atoms with van der Waals surface area (Å²) in [6, 6.07) is 29.5. The van der Waals surface area contributed by atoms with Crippen LogP contribution in [0.1, 0.15) is 40.3 Å². The second-order valence-electron chi connectivity index (χ2n) is 10.1. The quantitative estimate of drug-likeness (QED) is 0.197. The van der Waals surface area contributed by atoms with Crippen molar-refractivity contribution in [3.05, 3.63) is 135 Å². The Balaban J connectivity index is 1.43. The van der Waals surface area contributed by atoms with E-state index in [1.54, 1.807) is 6.07 Å². The normalized spacial score (nSPS) is 16.6. The molecular formula is C33H28Cl2N4OS. The van der Waals surface area contributed by atoms with E-state index in [0.717, 1.165) is 51.1 Å². The molecule has 3 aromatic carbocycles. The van der Waals surface area contributed by atoms with E-state index in [1.807, 2.05) is 92.0 Å². The van der Waals surface area contributed by atoms with E-state index in [-0.39, 0.29) is 12.1 Å². The molecule has 3 heterocycles. The van der Waals surface area contributed by atoms with E-state index in [1.165, 1.54) is 0 Å². The molecule has 2 atom stereocenters. The van der Waals surface area contributed by atoms with Gasteiger partial charge in [0, 0.05) is 28.3 Å². The lowest BCUT2D eigenvalue weighted by Gasteiger charge is -2.28. The standard InChI is InChI=1S/C33H28Cl2N4OS/c1-20-8-4-5-10-30(20)40-25-14-12-24(13-15-25)39-32(31(37-33(39)41)28-9-6-7-17-36-28)26-18-21(2)38(22(26)3)29-16-11-23(34)19-27(29)35/h4-19,31-32H,1-3H3,(H,37,41)/t31-,32-/m0/s1. The van der Waals surface area contributed by atoms with Gasteiger partial charge in [-0.05, 0) is 111 Å². The van der Waals surface area contributed by atoms with Crippen molar-refractivity contribution in [2.75, 3.05) is 4.90 Å². The lowest BCUT2D eigenvalue weighted by molar-refractivity contribution is 0.479. The molecule has 2 aromatic heterocycles. The van der Waals surface area contributed by atoms with Crippen LogP contribution < -0.4 is 15.0 Å². The number of pyridine rings is 1. The molecule has 5 aromatic rings. The first-order chi connectivity index (χ1) is 19.8. The maximum absolute atomic E-state index is 6.66. The molecule has 1 saturated heterocycles. The van der Waals surface area contributed by atoms with Crippen LogP contribution in [0.2, 0.25) is 10.0 Å². The monoisotopic (exact) mass is 598 g/mol. The third-order valence-corrected chi connectivity index (χ3v) is 8.33. The Hall–Kier alpha value is -3.84. The van der Waals surface area contributed by atoms with Gasteiger partial charge in [-0.1, -0.05) is 47.5 Å². The van der Waals surface area contributed by atoms with Crippen molar-refractivity contribution < 1.29 is 4.74 Å². The molecule has 1 fully saturated rings. The minimum absolute atomic E-state index is 0.161. The summed E-state index contributed by atoms with van der Waals surface area (Å²) in [5, 5.41) is 5.38. The fourth-order valence-electron chi connectivity index (χ4n) is 5.54. The average molecular weight is 600 g/mol. The molecule has 1 N–H and O–H groups in total. The predicted molar refractivity (Wildman–Crippen MR) is 171 cm³/mol. The van der Waals surface area contributed by atoms with Crippen LogP contribution in [0.15, 0.2) is 97.2 Å². The second-order valence-corrected chi connectivity index (χ2v) is 11.3. The van der Waals surface area contributed by atoms with Crippen LogP contribution >= 0.6 is 35.4 Å². The van der Waals surface area contributed by atoms with E-state index in [0.29, 0.717) is 15.2 Å². The maximum atomic E-state index is 6.66. The van der Waals surface area contributed by atoms with Gasteiger partial charge < -0.3 is 19.5 Å². The number of ether oxygens (including phenoxy) is 1. The number of nitrogens with one attached hydrogen (secondary N) is 1. The minimum atomic E-state index is -0.166. The number of hydrogen-bond acceptors (Lipinski definition) is 3. The van der Waals surface area contributed by atoms with Gasteiger partial charge in [-0.15, -0.1) is 0 Å². The van der Waals surface area contributed by atoms with E-state index < -0.39 is 0 Å². The highest BCUT2D eigenvalue weighted by Crippen LogP contribution is 2.44. The molecule has 206 valence electrons.